The number of aromatic amines is 1. The molecule has 0 atom stereocenters. The minimum absolute atomic E-state index is 0.242. The van der Waals surface area contributed by atoms with Crippen LogP contribution in [0.4, 0.5) is 0 Å². The van der Waals surface area contributed by atoms with Crippen molar-refractivity contribution in [2.24, 2.45) is 0 Å². The molecule has 0 spiro atoms. The van der Waals surface area contributed by atoms with Gasteiger partial charge in [-0.25, -0.2) is 0 Å². The van der Waals surface area contributed by atoms with Gasteiger partial charge in [0, 0.05) is 33.2 Å². The Bertz CT molecular complexity index is 643. The molecule has 1 heterocycles. The second-order valence-electron chi connectivity index (χ2n) is 3.80. The maximum Gasteiger partial charge on any atom is 0.251 e. The van der Waals surface area contributed by atoms with Gasteiger partial charge in [0.2, 0.25) is 0 Å². The van der Waals surface area contributed by atoms with Crippen molar-refractivity contribution in [3.63, 3.8) is 0 Å². The van der Waals surface area contributed by atoms with Gasteiger partial charge in [-0.1, -0.05) is 15.9 Å². The van der Waals surface area contributed by atoms with Crippen LogP contribution in [0.15, 0.2) is 28.5 Å². The maximum absolute atomic E-state index is 10.8. The first-order valence-corrected chi connectivity index (χ1v) is 5.59. The summed E-state index contributed by atoms with van der Waals surface area (Å²) in [6.07, 6.45) is 3.83. The molecule has 1 aliphatic carbocycles. The van der Waals surface area contributed by atoms with Crippen LogP contribution in [0.3, 0.4) is 0 Å². The highest BCUT2D eigenvalue weighted by Gasteiger charge is 2.21. The van der Waals surface area contributed by atoms with E-state index in [-0.39, 0.29) is 10.6 Å². The Balaban J connectivity index is 2.33. The Kier molecular flexibility index (Phi) is 1.91. The van der Waals surface area contributed by atoms with Crippen LogP contribution in [-0.2, 0) is 6.42 Å². The first kappa shape index (κ1) is 9.59. The molecular weight excluding hydrogens is 272 g/mol. The number of H-pyrrole nitrogens is 1. The lowest BCUT2D eigenvalue weighted by atomic mass is 9.96. The SMILES string of the molecule is O=[N+]([O-])C1=Cc2c[nH]c3cc(Br)cc(c23)C1. The monoisotopic (exact) mass is 278 g/mol. The van der Waals surface area contributed by atoms with Gasteiger partial charge in [-0.15, -0.1) is 0 Å². The van der Waals surface area contributed by atoms with E-state index in [1.807, 2.05) is 18.3 Å². The number of hydrogen-bond donors (Lipinski definition) is 1. The molecule has 0 radical (unpaired) electrons. The summed E-state index contributed by atoms with van der Waals surface area (Å²) in [5.74, 6) is 0. The number of nitro groups is 1. The molecule has 0 amide bonds. The fraction of sp³-hybridized carbons (Fsp3) is 0.0909. The van der Waals surface area contributed by atoms with Gasteiger partial charge in [0.25, 0.3) is 5.70 Å². The predicted molar refractivity (Wildman–Crippen MR) is 64.7 cm³/mol. The second-order valence-corrected chi connectivity index (χ2v) is 4.72. The summed E-state index contributed by atoms with van der Waals surface area (Å²) in [7, 11) is 0. The van der Waals surface area contributed by atoms with E-state index in [1.165, 1.54) is 0 Å². The molecule has 2 aromatic rings. The van der Waals surface area contributed by atoms with Gasteiger partial charge >= 0.3 is 0 Å². The Hall–Kier alpha value is -1.62. The molecular formula is C11H7BrN2O2. The van der Waals surface area contributed by atoms with Gasteiger partial charge in [0.05, 0.1) is 11.3 Å². The maximum atomic E-state index is 10.8. The van der Waals surface area contributed by atoms with Gasteiger partial charge in [-0.05, 0) is 17.7 Å². The van der Waals surface area contributed by atoms with Gasteiger partial charge in [0.1, 0.15) is 0 Å². The molecule has 0 bridgehead atoms. The minimum Gasteiger partial charge on any atom is -0.361 e. The van der Waals surface area contributed by atoms with E-state index in [0.717, 1.165) is 26.5 Å². The highest BCUT2D eigenvalue weighted by Crippen LogP contribution is 2.33. The van der Waals surface area contributed by atoms with Crippen molar-refractivity contribution in [1.29, 1.82) is 0 Å². The molecule has 0 saturated carbocycles. The molecule has 0 aliphatic heterocycles. The fourth-order valence-electron chi connectivity index (χ4n) is 2.14. The number of halogens is 1. The molecule has 4 nitrogen and oxygen atoms in total. The summed E-state index contributed by atoms with van der Waals surface area (Å²) in [5, 5.41) is 11.9. The van der Waals surface area contributed by atoms with Crippen LogP contribution in [0.2, 0.25) is 0 Å². The van der Waals surface area contributed by atoms with Crippen LogP contribution in [0.5, 0.6) is 0 Å². The Morgan fingerprint density at radius 2 is 2.25 bits per heavy atom. The topological polar surface area (TPSA) is 58.9 Å². The van der Waals surface area contributed by atoms with Crippen molar-refractivity contribution < 1.29 is 4.92 Å². The highest BCUT2D eigenvalue weighted by molar-refractivity contribution is 9.10. The molecule has 16 heavy (non-hydrogen) atoms. The average molecular weight is 279 g/mol. The third-order valence-electron chi connectivity index (χ3n) is 2.78. The zero-order valence-electron chi connectivity index (χ0n) is 8.16. The molecule has 5 heteroatoms. The van der Waals surface area contributed by atoms with E-state index >= 15 is 0 Å². The van der Waals surface area contributed by atoms with E-state index in [2.05, 4.69) is 20.9 Å². The van der Waals surface area contributed by atoms with Crippen molar-refractivity contribution in [1.82, 2.24) is 4.98 Å². The quantitative estimate of drug-likeness (QED) is 0.644. The second kappa shape index (κ2) is 3.18. The molecule has 0 saturated heterocycles. The zero-order valence-corrected chi connectivity index (χ0v) is 9.74. The molecule has 1 aromatic carbocycles. The van der Waals surface area contributed by atoms with Gasteiger partial charge in [-0.3, -0.25) is 10.1 Å². The summed E-state index contributed by atoms with van der Waals surface area (Å²) in [5.41, 5.74) is 3.15. The number of benzene rings is 1. The van der Waals surface area contributed by atoms with E-state index in [1.54, 1.807) is 6.08 Å². The lowest BCUT2D eigenvalue weighted by Gasteiger charge is -2.09. The molecule has 1 aliphatic rings. The predicted octanol–water partition coefficient (Wildman–Crippen LogP) is 3.10. The number of allylic oxidation sites excluding steroid dienone is 1. The van der Waals surface area contributed by atoms with Crippen LogP contribution in [-0.4, -0.2) is 9.91 Å². The van der Waals surface area contributed by atoms with Crippen LogP contribution in [0.25, 0.3) is 17.0 Å². The molecule has 0 unspecified atom stereocenters. The summed E-state index contributed by atoms with van der Waals surface area (Å²) in [6, 6.07) is 3.92. The Morgan fingerprint density at radius 3 is 3.00 bits per heavy atom. The lowest BCUT2D eigenvalue weighted by Crippen LogP contribution is -2.05. The van der Waals surface area contributed by atoms with E-state index in [9.17, 15) is 10.1 Å². The molecule has 0 fully saturated rings. The minimum atomic E-state index is -0.317. The van der Waals surface area contributed by atoms with Gasteiger partial charge in [0.15, 0.2) is 0 Å². The standard InChI is InChI=1S/C11H7BrN2O2/c12-8-1-6-2-9(14(15)16)3-7-5-13-10(4-8)11(6)7/h1,3-5,13H,2H2. The first-order chi connectivity index (χ1) is 7.65. The average Bonchev–Trinajstić information content (AvgIpc) is 2.62. The smallest absolute Gasteiger partial charge is 0.251 e. The first-order valence-electron chi connectivity index (χ1n) is 4.79. The van der Waals surface area contributed by atoms with E-state index in [0.29, 0.717) is 6.42 Å². The van der Waals surface area contributed by atoms with Crippen LogP contribution in [0, 0.1) is 10.1 Å². The molecule has 1 N–H and O–H groups in total. The number of aromatic nitrogens is 1. The van der Waals surface area contributed by atoms with Crippen molar-refractivity contribution in [2.45, 2.75) is 6.42 Å². The zero-order chi connectivity index (χ0) is 11.3. The Labute approximate surface area is 99.2 Å². The van der Waals surface area contributed by atoms with E-state index < -0.39 is 0 Å². The Morgan fingerprint density at radius 1 is 1.44 bits per heavy atom. The molecule has 3 rings (SSSR count). The summed E-state index contributed by atoms with van der Waals surface area (Å²) in [6.45, 7) is 0. The third-order valence-corrected chi connectivity index (χ3v) is 3.24. The normalized spacial score (nSPS) is 13.9. The van der Waals surface area contributed by atoms with Crippen molar-refractivity contribution in [3.05, 3.63) is 49.7 Å². The van der Waals surface area contributed by atoms with Crippen LogP contribution in [0.1, 0.15) is 11.1 Å². The van der Waals surface area contributed by atoms with Crippen molar-refractivity contribution in [2.75, 3.05) is 0 Å². The van der Waals surface area contributed by atoms with E-state index in [4.69, 9.17) is 0 Å². The fourth-order valence-corrected chi connectivity index (χ4v) is 2.65. The summed E-state index contributed by atoms with van der Waals surface area (Å²) < 4.78 is 0.938. The number of nitrogens with one attached hydrogen (secondary N) is 1. The van der Waals surface area contributed by atoms with Crippen molar-refractivity contribution in [3.8, 4) is 0 Å². The third kappa shape index (κ3) is 1.28. The molecule has 80 valence electrons. The number of nitrogens with zero attached hydrogens (tertiary/aromatic N) is 1. The van der Waals surface area contributed by atoms with Crippen LogP contribution >= 0.6 is 15.9 Å². The van der Waals surface area contributed by atoms with Gasteiger partial charge < -0.3 is 4.98 Å². The van der Waals surface area contributed by atoms with Crippen LogP contribution < -0.4 is 0 Å². The molecule has 1 aromatic heterocycles. The summed E-state index contributed by atoms with van der Waals surface area (Å²) in [4.78, 5) is 13.6. The number of rotatable bonds is 1. The number of hydrogen-bond acceptors (Lipinski definition) is 2. The highest BCUT2D eigenvalue weighted by atomic mass is 79.9. The largest absolute Gasteiger partial charge is 0.361 e. The lowest BCUT2D eigenvalue weighted by molar-refractivity contribution is -0.425. The van der Waals surface area contributed by atoms with Gasteiger partial charge in [-0.2, -0.15) is 0 Å². The van der Waals surface area contributed by atoms with Crippen molar-refractivity contribution >= 4 is 32.9 Å². The summed E-state index contributed by atoms with van der Waals surface area (Å²) >= 11 is 3.41.